The van der Waals surface area contributed by atoms with Crippen LogP contribution in [0.4, 0.5) is 5.95 Å². The Balaban J connectivity index is 1.71. The van der Waals surface area contributed by atoms with Crippen LogP contribution in [-0.4, -0.2) is 15.9 Å². The largest absolute Gasteiger partial charge is 0.368 e. The number of aromatic nitrogens is 2. The lowest BCUT2D eigenvalue weighted by Gasteiger charge is -2.13. The molecule has 30 heavy (non-hydrogen) atoms. The average Bonchev–Trinajstić information content (AvgIpc) is 3.18. The van der Waals surface area contributed by atoms with Gasteiger partial charge in [-0.3, -0.25) is 4.79 Å². The summed E-state index contributed by atoms with van der Waals surface area (Å²) >= 11 is 10.1. The van der Waals surface area contributed by atoms with Gasteiger partial charge in [-0.2, -0.15) is 0 Å². The van der Waals surface area contributed by atoms with Gasteiger partial charge in [-0.25, -0.2) is 9.97 Å². The van der Waals surface area contributed by atoms with Crippen molar-refractivity contribution in [2.45, 2.75) is 17.4 Å². The van der Waals surface area contributed by atoms with E-state index in [-0.39, 0.29) is 17.9 Å². The third-order valence-electron chi connectivity index (χ3n) is 4.72. The maximum absolute atomic E-state index is 12.9. The molecule has 0 saturated carbocycles. The van der Waals surface area contributed by atoms with E-state index in [9.17, 15) is 4.79 Å². The standard InChI is InChI=1S/C22H18ClIN4OS/c1-12(14-5-3-2-4-6-14)26-20(29)18-10-16-19(27-22(25)28-21(16)30-18)15-8-7-13(11-24)9-17(15)23/h2-10,12H,11H2,1H3,(H,26,29)(H2,25,27,28)/t12-/m1/s1. The van der Waals surface area contributed by atoms with E-state index in [4.69, 9.17) is 17.3 Å². The molecule has 0 saturated heterocycles. The van der Waals surface area contributed by atoms with Gasteiger partial charge in [0.1, 0.15) is 4.83 Å². The van der Waals surface area contributed by atoms with Gasteiger partial charge in [0.2, 0.25) is 5.95 Å². The average molecular weight is 549 g/mol. The normalized spacial score (nSPS) is 12.1. The predicted octanol–water partition coefficient (Wildman–Crippen LogP) is 6.02. The summed E-state index contributed by atoms with van der Waals surface area (Å²) in [6.45, 7) is 1.96. The molecule has 5 nitrogen and oxygen atoms in total. The number of halogens is 2. The number of nitrogens with two attached hydrogens (primary N) is 1. The number of anilines is 1. The van der Waals surface area contributed by atoms with Crippen LogP contribution in [0.5, 0.6) is 0 Å². The first-order chi connectivity index (χ1) is 14.5. The Morgan fingerprint density at radius 2 is 1.97 bits per heavy atom. The SMILES string of the molecule is C[C@@H](NC(=O)c1cc2c(-c3ccc(CI)cc3Cl)nc(N)nc2s1)c1ccccc1. The number of hydrogen-bond donors (Lipinski definition) is 2. The fourth-order valence-corrected chi connectivity index (χ4v) is 4.89. The van der Waals surface area contributed by atoms with Crippen LogP contribution in [0.1, 0.15) is 33.8 Å². The Labute approximate surface area is 196 Å². The summed E-state index contributed by atoms with van der Waals surface area (Å²) in [6.07, 6.45) is 0. The van der Waals surface area contributed by atoms with E-state index in [1.54, 1.807) is 0 Å². The Kier molecular flexibility index (Phi) is 6.21. The zero-order valence-corrected chi connectivity index (χ0v) is 19.8. The van der Waals surface area contributed by atoms with Gasteiger partial charge < -0.3 is 11.1 Å². The number of carbonyl (C=O) groups excluding carboxylic acids is 1. The molecule has 0 aliphatic rings. The molecule has 1 atom stereocenters. The fourth-order valence-electron chi connectivity index (χ4n) is 3.18. The van der Waals surface area contributed by atoms with E-state index in [1.165, 1.54) is 11.3 Å². The molecular formula is C22H18ClIN4OS. The van der Waals surface area contributed by atoms with E-state index in [1.807, 2.05) is 61.5 Å². The number of nitrogen functional groups attached to an aromatic ring is 1. The van der Waals surface area contributed by atoms with Crippen molar-refractivity contribution >= 4 is 67.6 Å². The van der Waals surface area contributed by atoms with Crippen molar-refractivity contribution in [2.24, 2.45) is 0 Å². The highest BCUT2D eigenvalue weighted by molar-refractivity contribution is 14.1. The number of rotatable bonds is 5. The zero-order chi connectivity index (χ0) is 21.3. The van der Waals surface area contributed by atoms with Crippen LogP contribution < -0.4 is 11.1 Å². The Hall–Kier alpha value is -2.23. The number of alkyl halides is 1. The first kappa shape index (κ1) is 21.0. The van der Waals surface area contributed by atoms with Gasteiger partial charge in [0.05, 0.1) is 21.6 Å². The number of amides is 1. The molecule has 0 radical (unpaired) electrons. The van der Waals surface area contributed by atoms with Gasteiger partial charge >= 0.3 is 0 Å². The van der Waals surface area contributed by atoms with Gasteiger partial charge in [-0.05, 0) is 30.2 Å². The van der Waals surface area contributed by atoms with Crippen molar-refractivity contribution < 1.29 is 4.79 Å². The number of hydrogen-bond acceptors (Lipinski definition) is 5. The summed E-state index contributed by atoms with van der Waals surface area (Å²) < 4.78 is 0.863. The number of nitrogens with zero attached hydrogens (tertiary/aromatic N) is 2. The summed E-state index contributed by atoms with van der Waals surface area (Å²) in [4.78, 5) is 22.8. The van der Waals surface area contributed by atoms with Crippen molar-refractivity contribution in [3.05, 3.63) is 75.6 Å². The molecule has 0 spiro atoms. The van der Waals surface area contributed by atoms with E-state index in [2.05, 4.69) is 37.9 Å². The minimum absolute atomic E-state index is 0.116. The second-order valence-electron chi connectivity index (χ2n) is 6.81. The summed E-state index contributed by atoms with van der Waals surface area (Å²) in [5.74, 6) is -0.0109. The Morgan fingerprint density at radius 3 is 2.67 bits per heavy atom. The first-order valence-electron chi connectivity index (χ1n) is 9.24. The third-order valence-corrected chi connectivity index (χ3v) is 6.95. The Morgan fingerprint density at radius 1 is 1.20 bits per heavy atom. The molecule has 2 heterocycles. The maximum Gasteiger partial charge on any atom is 0.261 e. The molecule has 2 aromatic heterocycles. The third kappa shape index (κ3) is 4.28. The van der Waals surface area contributed by atoms with Crippen LogP contribution in [0.15, 0.2) is 54.6 Å². The zero-order valence-electron chi connectivity index (χ0n) is 16.0. The number of carbonyl (C=O) groups is 1. The lowest BCUT2D eigenvalue weighted by molar-refractivity contribution is 0.0944. The number of benzene rings is 2. The van der Waals surface area contributed by atoms with Crippen LogP contribution in [0, 0.1) is 0 Å². The lowest BCUT2D eigenvalue weighted by Crippen LogP contribution is -2.25. The molecule has 0 bridgehead atoms. The summed E-state index contributed by atoms with van der Waals surface area (Å²) in [5.41, 5.74) is 9.52. The highest BCUT2D eigenvalue weighted by Crippen LogP contribution is 2.36. The minimum Gasteiger partial charge on any atom is -0.368 e. The van der Waals surface area contributed by atoms with Crippen molar-refractivity contribution in [3.63, 3.8) is 0 Å². The van der Waals surface area contributed by atoms with Crippen LogP contribution in [0.2, 0.25) is 5.02 Å². The topological polar surface area (TPSA) is 80.9 Å². The van der Waals surface area contributed by atoms with Gasteiger partial charge in [0.15, 0.2) is 0 Å². The minimum atomic E-state index is -0.162. The first-order valence-corrected chi connectivity index (χ1v) is 12.0. The number of fused-ring (bicyclic) bond motifs is 1. The second-order valence-corrected chi connectivity index (χ2v) is 9.01. The van der Waals surface area contributed by atoms with E-state index in [0.29, 0.717) is 20.4 Å². The molecule has 0 aliphatic heterocycles. The van der Waals surface area contributed by atoms with Crippen molar-refractivity contribution in [1.82, 2.24) is 15.3 Å². The van der Waals surface area contributed by atoms with Crippen molar-refractivity contribution in [3.8, 4) is 11.3 Å². The number of thiophene rings is 1. The molecule has 0 unspecified atom stereocenters. The number of nitrogens with one attached hydrogen (secondary N) is 1. The molecule has 0 fully saturated rings. The molecule has 3 N–H and O–H groups in total. The molecule has 0 aliphatic carbocycles. The molecule has 2 aromatic carbocycles. The van der Waals surface area contributed by atoms with Crippen LogP contribution >= 0.6 is 45.5 Å². The smallest absolute Gasteiger partial charge is 0.261 e. The highest BCUT2D eigenvalue weighted by atomic mass is 127. The quantitative estimate of drug-likeness (QED) is 0.236. The lowest BCUT2D eigenvalue weighted by atomic mass is 10.1. The second kappa shape index (κ2) is 8.87. The van der Waals surface area contributed by atoms with Crippen LogP contribution in [0.3, 0.4) is 0 Å². The summed E-state index contributed by atoms with van der Waals surface area (Å²) in [5, 5.41) is 4.39. The molecule has 1 amide bonds. The molecule has 8 heteroatoms. The van der Waals surface area contributed by atoms with Crippen LogP contribution in [0.25, 0.3) is 21.5 Å². The van der Waals surface area contributed by atoms with Gasteiger partial charge in [-0.1, -0.05) is 76.7 Å². The molecular weight excluding hydrogens is 531 g/mol. The molecule has 4 rings (SSSR count). The van der Waals surface area contributed by atoms with Gasteiger partial charge in [0, 0.05) is 15.4 Å². The van der Waals surface area contributed by atoms with Crippen LogP contribution in [-0.2, 0) is 4.43 Å². The van der Waals surface area contributed by atoms with Gasteiger partial charge in [0.25, 0.3) is 5.91 Å². The fraction of sp³-hybridized carbons (Fsp3) is 0.136. The van der Waals surface area contributed by atoms with Crippen molar-refractivity contribution in [1.29, 1.82) is 0 Å². The van der Waals surface area contributed by atoms with E-state index < -0.39 is 0 Å². The Bertz CT molecular complexity index is 1230. The van der Waals surface area contributed by atoms with E-state index >= 15 is 0 Å². The summed E-state index contributed by atoms with van der Waals surface area (Å²) in [7, 11) is 0. The maximum atomic E-state index is 12.9. The van der Waals surface area contributed by atoms with Crippen molar-refractivity contribution in [2.75, 3.05) is 5.73 Å². The van der Waals surface area contributed by atoms with Gasteiger partial charge in [-0.15, -0.1) is 11.3 Å². The molecule has 152 valence electrons. The predicted molar refractivity (Wildman–Crippen MR) is 132 cm³/mol. The summed E-state index contributed by atoms with van der Waals surface area (Å²) in [6, 6.07) is 17.4. The molecule has 4 aromatic rings. The van der Waals surface area contributed by atoms with E-state index in [0.717, 1.165) is 26.5 Å². The monoisotopic (exact) mass is 548 g/mol. The highest BCUT2D eigenvalue weighted by Gasteiger charge is 2.19.